The summed E-state index contributed by atoms with van der Waals surface area (Å²) in [7, 11) is 1.94. The van der Waals surface area contributed by atoms with E-state index in [1.165, 1.54) is 6.07 Å². The number of hydrogen-bond acceptors (Lipinski definition) is 3. The maximum atomic E-state index is 13.6. The Morgan fingerprint density at radius 2 is 1.93 bits per heavy atom. The Kier molecular flexibility index (Phi) is 5.81. The van der Waals surface area contributed by atoms with E-state index in [1.54, 1.807) is 4.68 Å². The molecular weight excluding hydrogens is 374 g/mol. The number of carbonyl (C=O) groups is 1. The van der Waals surface area contributed by atoms with Crippen molar-refractivity contribution >= 4 is 18.3 Å². The molecule has 0 bridgehead atoms. The maximum absolute atomic E-state index is 13.6. The van der Waals surface area contributed by atoms with Gasteiger partial charge >= 0.3 is 0 Å². The van der Waals surface area contributed by atoms with E-state index in [0.29, 0.717) is 30.5 Å². The van der Waals surface area contributed by atoms with Gasteiger partial charge < -0.3 is 10.2 Å². The summed E-state index contributed by atoms with van der Waals surface area (Å²) in [4.78, 5) is 14.9. The lowest BCUT2D eigenvalue weighted by Crippen LogP contribution is -2.44. The highest BCUT2D eigenvalue weighted by atomic mass is 35.5. The van der Waals surface area contributed by atoms with E-state index in [9.17, 15) is 13.6 Å². The van der Waals surface area contributed by atoms with Crippen molar-refractivity contribution in [2.45, 2.75) is 38.1 Å². The molecule has 0 saturated carbocycles. The quantitative estimate of drug-likeness (QED) is 0.868. The van der Waals surface area contributed by atoms with Crippen LogP contribution in [0.4, 0.5) is 8.78 Å². The van der Waals surface area contributed by atoms with Crippen molar-refractivity contribution in [3.05, 3.63) is 46.8 Å². The first kappa shape index (κ1) is 19.8. The second-order valence-electron chi connectivity index (χ2n) is 6.99. The minimum atomic E-state index is -0.910. The van der Waals surface area contributed by atoms with Gasteiger partial charge in [0, 0.05) is 36.5 Å². The molecule has 8 heteroatoms. The fourth-order valence-electron chi connectivity index (χ4n) is 3.96. The fraction of sp³-hybridized carbons (Fsp3) is 0.474. The number of nitrogens with one attached hydrogen (secondary N) is 1. The van der Waals surface area contributed by atoms with Gasteiger partial charge in [-0.2, -0.15) is 5.10 Å². The predicted octanol–water partition coefficient (Wildman–Crippen LogP) is 2.89. The highest BCUT2D eigenvalue weighted by molar-refractivity contribution is 5.94. The van der Waals surface area contributed by atoms with Crippen LogP contribution in [0.15, 0.2) is 18.2 Å². The van der Waals surface area contributed by atoms with Crippen molar-refractivity contribution in [3.8, 4) is 5.69 Å². The van der Waals surface area contributed by atoms with Crippen LogP contribution < -0.4 is 5.32 Å². The second kappa shape index (κ2) is 7.94. The zero-order valence-corrected chi connectivity index (χ0v) is 16.0. The Hall–Kier alpha value is -1.99. The molecule has 5 nitrogen and oxygen atoms in total. The summed E-state index contributed by atoms with van der Waals surface area (Å²) in [6.45, 7) is 1.41. The molecule has 1 fully saturated rings. The highest BCUT2D eigenvalue weighted by Crippen LogP contribution is 2.29. The second-order valence-corrected chi connectivity index (χ2v) is 6.99. The molecule has 0 spiro atoms. The number of rotatable bonds is 3. The lowest BCUT2D eigenvalue weighted by atomic mass is 10.0. The molecule has 1 amide bonds. The van der Waals surface area contributed by atoms with Gasteiger partial charge in [0.15, 0.2) is 17.3 Å². The zero-order valence-electron chi connectivity index (χ0n) is 15.2. The van der Waals surface area contributed by atoms with Crippen LogP contribution in [0.2, 0.25) is 0 Å². The molecule has 1 aliphatic carbocycles. The van der Waals surface area contributed by atoms with Gasteiger partial charge in [0.2, 0.25) is 0 Å². The molecule has 146 valence electrons. The highest BCUT2D eigenvalue weighted by Gasteiger charge is 2.31. The van der Waals surface area contributed by atoms with Crippen LogP contribution in [-0.4, -0.2) is 46.8 Å². The van der Waals surface area contributed by atoms with Crippen molar-refractivity contribution in [1.82, 2.24) is 20.0 Å². The Bertz CT molecular complexity index is 846. The van der Waals surface area contributed by atoms with E-state index in [-0.39, 0.29) is 18.3 Å². The van der Waals surface area contributed by atoms with Gasteiger partial charge in [-0.15, -0.1) is 12.4 Å². The molecule has 0 unspecified atom stereocenters. The summed E-state index contributed by atoms with van der Waals surface area (Å²) < 4.78 is 28.5. The van der Waals surface area contributed by atoms with Crippen molar-refractivity contribution in [2.24, 2.45) is 0 Å². The van der Waals surface area contributed by atoms with Crippen LogP contribution >= 0.6 is 12.4 Å². The van der Waals surface area contributed by atoms with Crippen molar-refractivity contribution in [3.63, 3.8) is 0 Å². The molecule has 2 aromatic rings. The van der Waals surface area contributed by atoms with Crippen molar-refractivity contribution < 1.29 is 13.6 Å². The number of likely N-dealkylation sites (tertiary alicyclic amines) is 1. The molecule has 0 atom stereocenters. The van der Waals surface area contributed by atoms with Crippen molar-refractivity contribution in [1.29, 1.82) is 0 Å². The first-order valence-electron chi connectivity index (χ1n) is 9.11. The first-order chi connectivity index (χ1) is 12.6. The summed E-state index contributed by atoms with van der Waals surface area (Å²) >= 11 is 0. The van der Waals surface area contributed by atoms with E-state index in [1.807, 2.05) is 11.9 Å². The smallest absolute Gasteiger partial charge is 0.274 e. The van der Waals surface area contributed by atoms with Crippen LogP contribution in [-0.2, 0) is 12.8 Å². The number of aromatic nitrogens is 2. The molecule has 27 heavy (non-hydrogen) atoms. The van der Waals surface area contributed by atoms with Crippen LogP contribution in [0.1, 0.15) is 41.0 Å². The minimum absolute atomic E-state index is 0. The molecule has 2 heterocycles. The third-order valence-corrected chi connectivity index (χ3v) is 5.47. The van der Waals surface area contributed by atoms with Gasteiger partial charge in [-0.3, -0.25) is 4.79 Å². The topological polar surface area (TPSA) is 50.2 Å². The minimum Gasteiger partial charge on any atom is -0.337 e. The molecule has 1 aliphatic heterocycles. The number of nitrogens with zero attached hydrogens (tertiary/aromatic N) is 3. The lowest BCUT2D eigenvalue weighted by molar-refractivity contribution is 0.0700. The van der Waals surface area contributed by atoms with Gasteiger partial charge in [0.25, 0.3) is 5.91 Å². The number of hydrogen-bond donors (Lipinski definition) is 1. The van der Waals surface area contributed by atoms with Crippen LogP contribution in [0.5, 0.6) is 0 Å². The van der Waals surface area contributed by atoms with Gasteiger partial charge in [-0.25, -0.2) is 13.5 Å². The van der Waals surface area contributed by atoms with Crippen LogP contribution in [0, 0.1) is 11.6 Å². The number of carbonyl (C=O) groups excluding carboxylic acids is 1. The number of halogens is 3. The first-order valence-corrected chi connectivity index (χ1v) is 9.11. The van der Waals surface area contributed by atoms with Gasteiger partial charge in [0.1, 0.15) is 0 Å². The van der Waals surface area contributed by atoms with Gasteiger partial charge in [-0.05, 0) is 51.3 Å². The molecular formula is C19H23ClF2N4O. The summed E-state index contributed by atoms with van der Waals surface area (Å²) in [6.07, 6.45) is 4.38. The molecule has 0 radical (unpaired) electrons. The Labute approximate surface area is 163 Å². The predicted molar refractivity (Wildman–Crippen MR) is 101 cm³/mol. The maximum Gasteiger partial charge on any atom is 0.274 e. The SMILES string of the molecule is CNC1CCN(C(=O)c2nn(-c3ccc(F)c(F)c3)c3c2CCC3)CC1.Cl. The van der Waals surface area contributed by atoms with E-state index in [0.717, 1.165) is 55.5 Å². The summed E-state index contributed by atoms with van der Waals surface area (Å²) in [5.41, 5.74) is 2.81. The normalized spacial score (nSPS) is 16.9. The zero-order chi connectivity index (χ0) is 18.3. The molecule has 1 aromatic carbocycles. The average molecular weight is 397 g/mol. The fourth-order valence-corrected chi connectivity index (χ4v) is 3.96. The van der Waals surface area contributed by atoms with Crippen LogP contribution in [0.3, 0.4) is 0 Å². The molecule has 2 aliphatic rings. The lowest BCUT2D eigenvalue weighted by Gasteiger charge is -2.31. The largest absolute Gasteiger partial charge is 0.337 e. The van der Waals surface area contributed by atoms with E-state index in [2.05, 4.69) is 10.4 Å². The van der Waals surface area contributed by atoms with Gasteiger partial charge in [0.05, 0.1) is 5.69 Å². The number of amides is 1. The Balaban J connectivity index is 0.00000210. The van der Waals surface area contributed by atoms with Gasteiger partial charge in [-0.1, -0.05) is 0 Å². The van der Waals surface area contributed by atoms with E-state index < -0.39 is 11.6 Å². The number of fused-ring (bicyclic) bond motifs is 1. The molecule has 1 aromatic heterocycles. The molecule has 4 rings (SSSR count). The third kappa shape index (κ3) is 3.58. The van der Waals surface area contributed by atoms with E-state index in [4.69, 9.17) is 0 Å². The Morgan fingerprint density at radius 1 is 1.19 bits per heavy atom. The summed E-state index contributed by atoms with van der Waals surface area (Å²) in [5, 5.41) is 7.76. The number of benzene rings is 1. The number of piperidine rings is 1. The monoisotopic (exact) mass is 396 g/mol. The summed E-state index contributed by atoms with van der Waals surface area (Å²) in [5.74, 6) is -1.85. The third-order valence-electron chi connectivity index (χ3n) is 5.47. The van der Waals surface area contributed by atoms with Crippen LogP contribution in [0.25, 0.3) is 5.69 Å². The van der Waals surface area contributed by atoms with E-state index >= 15 is 0 Å². The summed E-state index contributed by atoms with van der Waals surface area (Å²) in [6, 6.07) is 4.17. The standard InChI is InChI=1S/C19H22F2N4O.ClH/c1-22-12-7-9-24(10-8-12)19(26)18-14-3-2-4-17(14)25(23-18)13-5-6-15(20)16(21)11-13;/h5-6,11-12,22H,2-4,7-10H2,1H3;1H. The molecule has 1 saturated heterocycles. The molecule has 1 N–H and O–H groups in total. The van der Waals surface area contributed by atoms with Crippen molar-refractivity contribution in [2.75, 3.05) is 20.1 Å². The Morgan fingerprint density at radius 3 is 2.59 bits per heavy atom. The average Bonchev–Trinajstić information content (AvgIpc) is 3.26.